The van der Waals surface area contributed by atoms with Crippen molar-refractivity contribution in [3.63, 3.8) is 0 Å². The van der Waals surface area contributed by atoms with Gasteiger partial charge in [-0.2, -0.15) is 13.2 Å². The average Bonchev–Trinajstić information content (AvgIpc) is 3.14. The minimum absolute atomic E-state index is 0.115. The van der Waals surface area contributed by atoms with Gasteiger partial charge in [0.2, 0.25) is 0 Å². The fourth-order valence-electron chi connectivity index (χ4n) is 2.41. The number of ether oxygens (including phenoxy) is 1. The van der Waals surface area contributed by atoms with Crippen LogP contribution in [-0.2, 0) is 16.2 Å². The van der Waals surface area contributed by atoms with Crippen molar-refractivity contribution in [1.82, 2.24) is 9.97 Å². The van der Waals surface area contributed by atoms with E-state index in [2.05, 4.69) is 9.97 Å². The van der Waals surface area contributed by atoms with Crippen LogP contribution in [0.1, 0.15) is 5.56 Å². The van der Waals surface area contributed by atoms with Gasteiger partial charge in [0.1, 0.15) is 22.3 Å². The van der Waals surface area contributed by atoms with Crippen molar-refractivity contribution >= 4 is 15.7 Å². The van der Waals surface area contributed by atoms with Crippen LogP contribution in [0.25, 0.3) is 11.4 Å². The smallest absolute Gasteiger partial charge is 0.419 e. The summed E-state index contributed by atoms with van der Waals surface area (Å²) in [5.41, 5.74) is -2.18. The number of H-pyrrole nitrogens is 1. The van der Waals surface area contributed by atoms with E-state index < -0.39 is 39.1 Å². The highest BCUT2D eigenvalue weighted by molar-refractivity contribution is 7.92. The van der Waals surface area contributed by atoms with E-state index in [1.807, 2.05) is 0 Å². The fraction of sp³-hybridized carbons (Fsp3) is 0.118. The molecule has 0 fully saturated rings. The molecule has 12 heteroatoms. The SMILES string of the molecule is COc1ccnc(-c2cc(S(=O)(=O)Nc3cc(F)c(C(F)(F)F)cc3F)c[nH]2)c1. The molecule has 0 spiro atoms. The van der Waals surface area contributed by atoms with E-state index in [4.69, 9.17) is 4.74 Å². The van der Waals surface area contributed by atoms with Gasteiger partial charge >= 0.3 is 6.18 Å². The summed E-state index contributed by atoms with van der Waals surface area (Å²) in [4.78, 5) is 6.36. The molecule has 0 atom stereocenters. The zero-order chi connectivity index (χ0) is 21.4. The quantitative estimate of drug-likeness (QED) is 0.592. The predicted molar refractivity (Wildman–Crippen MR) is 92.7 cm³/mol. The van der Waals surface area contributed by atoms with Gasteiger partial charge in [0.05, 0.1) is 29.7 Å². The normalized spacial score (nSPS) is 12.1. The van der Waals surface area contributed by atoms with Gasteiger partial charge < -0.3 is 9.72 Å². The van der Waals surface area contributed by atoms with Crippen molar-refractivity contribution in [3.8, 4) is 17.1 Å². The number of hydrogen-bond donors (Lipinski definition) is 2. The van der Waals surface area contributed by atoms with E-state index in [0.717, 1.165) is 6.20 Å². The molecule has 3 aromatic rings. The van der Waals surface area contributed by atoms with Crippen LogP contribution in [0, 0.1) is 11.6 Å². The molecular formula is C17H12F5N3O3S. The number of anilines is 1. The minimum atomic E-state index is -5.12. The summed E-state index contributed by atoms with van der Waals surface area (Å²) in [6.07, 6.45) is -2.62. The lowest BCUT2D eigenvalue weighted by Gasteiger charge is -2.12. The lowest BCUT2D eigenvalue weighted by atomic mass is 10.2. The predicted octanol–water partition coefficient (Wildman–Crippen LogP) is 4.18. The van der Waals surface area contributed by atoms with Gasteiger partial charge in [-0.1, -0.05) is 0 Å². The Morgan fingerprint density at radius 2 is 1.83 bits per heavy atom. The molecule has 0 aliphatic carbocycles. The van der Waals surface area contributed by atoms with Gasteiger partial charge in [0, 0.05) is 24.5 Å². The Hall–Kier alpha value is -3.15. The summed E-state index contributed by atoms with van der Waals surface area (Å²) >= 11 is 0. The molecule has 3 rings (SSSR count). The molecule has 29 heavy (non-hydrogen) atoms. The Bertz CT molecular complexity index is 1160. The molecule has 0 bridgehead atoms. The van der Waals surface area contributed by atoms with Crippen molar-refractivity contribution in [3.05, 3.63) is 59.9 Å². The van der Waals surface area contributed by atoms with E-state index in [1.165, 1.54) is 25.4 Å². The maximum atomic E-state index is 13.9. The number of aromatic amines is 1. The molecule has 0 radical (unpaired) electrons. The molecule has 154 valence electrons. The first-order valence-electron chi connectivity index (χ1n) is 7.79. The fourth-order valence-corrected chi connectivity index (χ4v) is 3.46. The van der Waals surface area contributed by atoms with Crippen LogP contribution >= 0.6 is 0 Å². The molecule has 2 N–H and O–H groups in total. The lowest BCUT2D eigenvalue weighted by molar-refractivity contribution is -0.140. The Balaban J connectivity index is 1.91. The Morgan fingerprint density at radius 1 is 1.10 bits per heavy atom. The van der Waals surface area contributed by atoms with Gasteiger partial charge in [-0.25, -0.2) is 17.2 Å². The number of sulfonamides is 1. The number of nitrogens with one attached hydrogen (secondary N) is 2. The summed E-state index contributed by atoms with van der Waals surface area (Å²) in [6.45, 7) is 0. The Kier molecular flexibility index (Phi) is 5.22. The van der Waals surface area contributed by atoms with E-state index in [0.29, 0.717) is 11.4 Å². The van der Waals surface area contributed by atoms with Crippen LogP contribution in [-0.4, -0.2) is 25.5 Å². The first-order chi connectivity index (χ1) is 13.5. The molecule has 2 heterocycles. The van der Waals surface area contributed by atoms with Crippen LogP contribution in [0.2, 0.25) is 0 Å². The zero-order valence-electron chi connectivity index (χ0n) is 14.5. The molecule has 0 saturated heterocycles. The third-order valence-corrected chi connectivity index (χ3v) is 5.16. The van der Waals surface area contributed by atoms with Crippen molar-refractivity contribution in [2.75, 3.05) is 11.8 Å². The number of aromatic nitrogens is 2. The molecule has 0 saturated carbocycles. The van der Waals surface area contributed by atoms with Crippen molar-refractivity contribution < 1.29 is 35.1 Å². The summed E-state index contributed by atoms with van der Waals surface area (Å²) in [5.74, 6) is -2.92. The number of hydrogen-bond acceptors (Lipinski definition) is 4. The van der Waals surface area contributed by atoms with E-state index in [1.54, 1.807) is 10.8 Å². The maximum Gasteiger partial charge on any atom is 0.419 e. The summed E-state index contributed by atoms with van der Waals surface area (Å²) in [5, 5.41) is 0. The van der Waals surface area contributed by atoms with Crippen LogP contribution in [0.15, 0.2) is 47.6 Å². The monoisotopic (exact) mass is 433 g/mol. The zero-order valence-corrected chi connectivity index (χ0v) is 15.3. The van der Waals surface area contributed by atoms with Gasteiger partial charge in [-0.3, -0.25) is 9.71 Å². The lowest BCUT2D eigenvalue weighted by Crippen LogP contribution is -2.15. The van der Waals surface area contributed by atoms with Crippen molar-refractivity contribution in [2.24, 2.45) is 0 Å². The molecule has 0 unspecified atom stereocenters. The van der Waals surface area contributed by atoms with Gasteiger partial charge in [-0.15, -0.1) is 0 Å². The Labute approximate surface area is 161 Å². The first kappa shape index (κ1) is 20.6. The third kappa shape index (κ3) is 4.31. The van der Waals surface area contributed by atoms with Gasteiger partial charge in [0.15, 0.2) is 0 Å². The standard InChI is InChI=1S/C17H12F5N3O3S/c1-28-9-2-3-23-15(4-9)16-5-10(8-24-16)29(26,27)25-14-7-12(18)11(6-13(14)19)17(20,21)22/h2-8,24-25H,1H3. The second-order valence-corrected chi connectivity index (χ2v) is 7.43. The highest BCUT2D eigenvalue weighted by Gasteiger charge is 2.35. The third-order valence-electron chi connectivity index (χ3n) is 3.82. The topological polar surface area (TPSA) is 84.1 Å². The first-order valence-corrected chi connectivity index (χ1v) is 9.27. The molecule has 0 aliphatic heterocycles. The van der Waals surface area contributed by atoms with Crippen LogP contribution in [0.3, 0.4) is 0 Å². The molecule has 0 aliphatic rings. The summed E-state index contributed by atoms with van der Waals surface area (Å²) < 4.78 is 97.1. The number of pyridine rings is 1. The highest BCUT2D eigenvalue weighted by Crippen LogP contribution is 2.34. The van der Waals surface area contributed by atoms with Crippen LogP contribution in [0.4, 0.5) is 27.6 Å². The number of alkyl halides is 3. The number of halogens is 5. The number of nitrogens with zero attached hydrogens (tertiary/aromatic N) is 1. The summed E-state index contributed by atoms with van der Waals surface area (Å²) in [6, 6.07) is 4.29. The van der Waals surface area contributed by atoms with E-state index in [9.17, 15) is 30.4 Å². The molecular weight excluding hydrogens is 421 g/mol. The highest BCUT2D eigenvalue weighted by atomic mass is 32.2. The van der Waals surface area contributed by atoms with E-state index >= 15 is 0 Å². The van der Waals surface area contributed by atoms with E-state index in [-0.39, 0.29) is 22.7 Å². The number of methoxy groups -OCH3 is 1. The van der Waals surface area contributed by atoms with Crippen LogP contribution in [0.5, 0.6) is 5.75 Å². The second-order valence-electron chi connectivity index (χ2n) is 5.75. The van der Waals surface area contributed by atoms with Crippen molar-refractivity contribution in [2.45, 2.75) is 11.1 Å². The number of benzene rings is 1. The van der Waals surface area contributed by atoms with Crippen LogP contribution < -0.4 is 9.46 Å². The second kappa shape index (κ2) is 7.35. The van der Waals surface area contributed by atoms with Gasteiger partial charge in [-0.05, 0) is 18.2 Å². The molecule has 1 aromatic carbocycles. The average molecular weight is 433 g/mol. The number of rotatable bonds is 5. The molecule has 0 amide bonds. The maximum absolute atomic E-state index is 13.9. The summed E-state index contributed by atoms with van der Waals surface area (Å²) in [7, 11) is -3.00. The molecule has 6 nitrogen and oxygen atoms in total. The van der Waals surface area contributed by atoms with Crippen molar-refractivity contribution in [1.29, 1.82) is 0 Å². The molecule has 2 aromatic heterocycles. The minimum Gasteiger partial charge on any atom is -0.497 e. The Morgan fingerprint density at radius 3 is 2.48 bits per heavy atom. The largest absolute Gasteiger partial charge is 0.497 e. The van der Waals surface area contributed by atoms with Gasteiger partial charge in [0.25, 0.3) is 10.0 Å².